The van der Waals surface area contributed by atoms with Crippen molar-refractivity contribution in [3.05, 3.63) is 100 Å². The zero-order valence-electron chi connectivity index (χ0n) is 45.8. The number of aromatic nitrogens is 1. The summed E-state index contributed by atoms with van der Waals surface area (Å²) in [6.07, 6.45) is 7.79. The van der Waals surface area contributed by atoms with Crippen molar-refractivity contribution in [3.63, 3.8) is 0 Å². The van der Waals surface area contributed by atoms with Crippen LogP contribution in [-0.2, 0) is 41.6 Å². The van der Waals surface area contributed by atoms with Gasteiger partial charge in [-0.15, -0.1) is 0 Å². The van der Waals surface area contributed by atoms with Gasteiger partial charge in [0.2, 0.25) is 35.4 Å². The highest BCUT2D eigenvalue weighted by Crippen LogP contribution is 2.34. The van der Waals surface area contributed by atoms with E-state index in [0.717, 1.165) is 60.8 Å². The molecule has 8 N–H and O–H groups in total. The maximum atomic E-state index is 14.7. The molecule has 2 aromatic carbocycles. The molecule has 1 aromatic heterocycles. The van der Waals surface area contributed by atoms with E-state index < -0.39 is 82.8 Å². The SMILES string of the molecule is CN[C@@H](C)C(=O)N[C@@H](C(=O)N1C[C@@H](NC(=O)c2cncc(C(=O)N[C@H]3C[C@@H](C(=O)N[C@@H]4CCCc5ccccc54)N(C(=O)[C@H](NC(=O)[C@H](C)NC)C(C)(C)C)C3)c2)CC1C(=O)N[C@@H]1CCCc2ccccc21)C(C)(C)C. The molecule has 4 aliphatic rings. The van der Waals surface area contributed by atoms with Crippen molar-refractivity contribution in [1.29, 1.82) is 0 Å². The Bertz CT molecular complexity index is 2490. The van der Waals surface area contributed by atoms with Crippen LogP contribution in [0.2, 0.25) is 0 Å². The molecule has 0 bridgehead atoms. The summed E-state index contributed by atoms with van der Waals surface area (Å²) in [6.45, 7) is 14.3. The predicted octanol–water partition coefficient (Wildman–Crippen LogP) is 3.15. The van der Waals surface area contributed by atoms with Gasteiger partial charge in [-0.05, 0) is 118 Å². The zero-order valence-corrected chi connectivity index (χ0v) is 45.8. The third-order valence-electron chi connectivity index (χ3n) is 15.5. The van der Waals surface area contributed by atoms with Crippen LogP contribution in [0.1, 0.15) is 149 Å². The van der Waals surface area contributed by atoms with E-state index in [2.05, 4.69) is 59.7 Å². The lowest BCUT2D eigenvalue weighted by atomic mass is 9.85. The van der Waals surface area contributed by atoms with Gasteiger partial charge in [-0.25, -0.2) is 0 Å². The first kappa shape index (κ1) is 57.0. The standard InChI is InChI=1S/C57H79N11O8/c1-32(58-9)48(69)65-46(56(3,4)5)54(75)67-30-38(26-44(67)52(73)63-42-23-15-19-34-17-11-13-21-40(34)42)61-50(71)36-25-37(29-60-28-36)51(72)62-39-27-45(53(74)64-43-24-16-20-35-18-12-14-22-41(35)43)68(31-39)55(76)47(57(6,7)8)66-49(70)33(2)59-10/h11-14,17-18,21-22,25,28-29,32-33,38-39,42-47,58-59H,15-16,19-20,23-24,26-27,30-31H2,1-10H3,(H,61,71)(H,62,72)(H,63,73)(H,64,74)(H,65,69)(H,66,70)/t32-,33-,38-,39-,42+,43+,44-,45?,46-,47-/m0/s1. The molecule has 2 saturated heterocycles. The number of hydrogen-bond acceptors (Lipinski definition) is 11. The second kappa shape index (κ2) is 24.1. The van der Waals surface area contributed by atoms with E-state index in [1.165, 1.54) is 28.3 Å². The Morgan fingerprint density at radius 1 is 0.566 bits per heavy atom. The number of rotatable bonds is 16. The second-order valence-corrected chi connectivity index (χ2v) is 23.2. The second-order valence-electron chi connectivity index (χ2n) is 23.2. The fourth-order valence-electron chi connectivity index (χ4n) is 10.9. The number of carbonyl (C=O) groups excluding carboxylic acids is 8. The molecule has 2 fully saturated rings. The number of nitrogens with zero attached hydrogens (tertiary/aromatic N) is 3. The summed E-state index contributed by atoms with van der Waals surface area (Å²) >= 11 is 0. The first-order valence-corrected chi connectivity index (χ1v) is 26.9. The fraction of sp³-hybridized carbons (Fsp3) is 0.561. The summed E-state index contributed by atoms with van der Waals surface area (Å²) in [5.74, 6) is -3.60. The molecule has 2 aliphatic heterocycles. The van der Waals surface area contributed by atoms with E-state index in [1.807, 2.05) is 77.9 Å². The van der Waals surface area contributed by atoms with Gasteiger partial charge in [0.25, 0.3) is 11.8 Å². The summed E-state index contributed by atoms with van der Waals surface area (Å²) in [6, 6.07) is 10.2. The first-order valence-electron chi connectivity index (χ1n) is 26.9. The third kappa shape index (κ3) is 13.3. The highest BCUT2D eigenvalue weighted by Gasteiger charge is 2.48. The lowest BCUT2D eigenvalue weighted by Crippen LogP contribution is -2.59. The topological polar surface area (TPSA) is 252 Å². The summed E-state index contributed by atoms with van der Waals surface area (Å²) in [5, 5.41) is 24.0. The molecule has 3 aromatic rings. The van der Waals surface area contributed by atoms with E-state index in [4.69, 9.17) is 0 Å². The Morgan fingerprint density at radius 2 is 0.947 bits per heavy atom. The third-order valence-corrected chi connectivity index (χ3v) is 15.5. The summed E-state index contributed by atoms with van der Waals surface area (Å²) in [5.41, 5.74) is 2.95. The van der Waals surface area contributed by atoms with Crippen LogP contribution in [0.3, 0.4) is 0 Å². The predicted molar refractivity (Wildman–Crippen MR) is 287 cm³/mol. The number of carbonyl (C=O) groups is 8. The highest BCUT2D eigenvalue weighted by atomic mass is 16.2. The minimum atomic E-state index is -1.01. The molecule has 2 aliphatic carbocycles. The molecule has 7 rings (SSSR count). The van der Waals surface area contributed by atoms with E-state index in [9.17, 15) is 38.4 Å². The number of likely N-dealkylation sites (tertiary alicyclic amines) is 2. The molecule has 0 saturated carbocycles. The highest BCUT2D eigenvalue weighted by molar-refractivity contribution is 6.00. The quantitative estimate of drug-likeness (QED) is 0.104. The molecule has 19 heteroatoms. The maximum Gasteiger partial charge on any atom is 0.253 e. The number of pyridine rings is 1. The lowest BCUT2D eigenvalue weighted by molar-refractivity contribution is -0.144. The van der Waals surface area contributed by atoms with E-state index in [1.54, 1.807) is 27.9 Å². The van der Waals surface area contributed by atoms with Crippen molar-refractivity contribution < 1.29 is 38.4 Å². The van der Waals surface area contributed by atoms with Gasteiger partial charge in [0.05, 0.1) is 35.3 Å². The van der Waals surface area contributed by atoms with Crippen LogP contribution < -0.4 is 42.5 Å². The number of hydrogen-bond donors (Lipinski definition) is 8. The Morgan fingerprint density at radius 3 is 1.32 bits per heavy atom. The van der Waals surface area contributed by atoms with Gasteiger partial charge in [0.15, 0.2) is 0 Å². The summed E-state index contributed by atoms with van der Waals surface area (Å²) < 4.78 is 0. The maximum absolute atomic E-state index is 14.7. The lowest BCUT2D eigenvalue weighted by Gasteiger charge is -2.36. The van der Waals surface area contributed by atoms with Gasteiger partial charge in [-0.1, -0.05) is 90.1 Å². The van der Waals surface area contributed by atoms with Crippen LogP contribution in [0, 0.1) is 10.8 Å². The number of likely N-dealkylation sites (N-methyl/N-ethyl adjacent to an activating group) is 2. The molecule has 1 unspecified atom stereocenters. The smallest absolute Gasteiger partial charge is 0.253 e. The molecule has 410 valence electrons. The van der Waals surface area contributed by atoms with Crippen LogP contribution in [0.25, 0.3) is 0 Å². The zero-order chi connectivity index (χ0) is 55.2. The summed E-state index contributed by atoms with van der Waals surface area (Å²) in [4.78, 5) is 120. The molecular weight excluding hydrogens is 967 g/mol. The normalized spacial score (nSPS) is 22.9. The van der Waals surface area contributed by atoms with Crippen molar-refractivity contribution in [1.82, 2.24) is 57.3 Å². The average molecular weight is 1050 g/mol. The van der Waals surface area contributed by atoms with Crippen LogP contribution in [0.5, 0.6) is 0 Å². The molecule has 0 radical (unpaired) electrons. The van der Waals surface area contributed by atoms with Gasteiger partial charge in [0.1, 0.15) is 24.2 Å². The summed E-state index contributed by atoms with van der Waals surface area (Å²) in [7, 11) is 3.30. The molecule has 76 heavy (non-hydrogen) atoms. The molecule has 0 spiro atoms. The number of aryl methyl sites for hydroxylation is 2. The minimum Gasteiger partial charge on any atom is -0.347 e. The van der Waals surface area contributed by atoms with Gasteiger partial charge >= 0.3 is 0 Å². The van der Waals surface area contributed by atoms with E-state index in [-0.39, 0.29) is 72.8 Å². The van der Waals surface area contributed by atoms with Gasteiger partial charge in [-0.2, -0.15) is 0 Å². The molecule has 8 amide bonds. The average Bonchev–Trinajstić information content (AvgIpc) is 4.03. The van der Waals surface area contributed by atoms with Crippen LogP contribution >= 0.6 is 0 Å². The first-order chi connectivity index (χ1) is 36.0. The van der Waals surface area contributed by atoms with Gasteiger partial charge < -0.3 is 52.3 Å². The van der Waals surface area contributed by atoms with Crippen LogP contribution in [0.4, 0.5) is 0 Å². The van der Waals surface area contributed by atoms with Gasteiger partial charge in [0, 0.05) is 37.6 Å². The number of nitrogens with one attached hydrogen (secondary N) is 8. The Balaban J connectivity index is 1.09. The van der Waals surface area contributed by atoms with Crippen molar-refractivity contribution in [2.75, 3.05) is 27.2 Å². The van der Waals surface area contributed by atoms with Crippen molar-refractivity contribution in [2.45, 2.75) is 167 Å². The Labute approximate surface area is 447 Å². The van der Waals surface area contributed by atoms with Crippen molar-refractivity contribution >= 4 is 47.3 Å². The Kier molecular flexibility index (Phi) is 18.1. The Hall–Kier alpha value is -6.73. The van der Waals surface area contributed by atoms with Crippen molar-refractivity contribution in [2.24, 2.45) is 10.8 Å². The number of benzene rings is 2. The fourth-order valence-corrected chi connectivity index (χ4v) is 10.9. The molecule has 19 nitrogen and oxygen atoms in total. The molecule has 10 atom stereocenters. The number of fused-ring (bicyclic) bond motifs is 2. The largest absolute Gasteiger partial charge is 0.347 e. The number of amides is 8. The van der Waals surface area contributed by atoms with Crippen molar-refractivity contribution in [3.8, 4) is 0 Å². The van der Waals surface area contributed by atoms with Crippen LogP contribution in [0.15, 0.2) is 67.0 Å². The molecular formula is C57H79N11O8. The van der Waals surface area contributed by atoms with E-state index >= 15 is 0 Å². The van der Waals surface area contributed by atoms with E-state index in [0.29, 0.717) is 0 Å². The van der Waals surface area contributed by atoms with Crippen LogP contribution in [-0.4, -0.2) is 138 Å². The van der Waals surface area contributed by atoms with Gasteiger partial charge in [-0.3, -0.25) is 43.3 Å². The monoisotopic (exact) mass is 1050 g/mol. The molecule has 3 heterocycles. The minimum absolute atomic E-state index is 0.0330.